The third-order valence-corrected chi connectivity index (χ3v) is 4.80. The molecule has 29 heavy (non-hydrogen) atoms. The molecule has 0 aliphatic carbocycles. The lowest BCUT2D eigenvalue weighted by molar-refractivity contribution is 0.261. The summed E-state index contributed by atoms with van der Waals surface area (Å²) >= 11 is 0. The smallest absolute Gasteiger partial charge is 0.191 e. The fraction of sp³-hybridized carbons (Fsp3) is 0.381. The third kappa shape index (κ3) is 5.37. The quantitative estimate of drug-likeness (QED) is 0.347. The molecule has 0 fully saturated rings. The largest absolute Gasteiger partial charge is 0.493 e. The van der Waals surface area contributed by atoms with Crippen LogP contribution < -0.4 is 15.4 Å². The molecule has 1 aliphatic heterocycles. The van der Waals surface area contributed by atoms with Gasteiger partial charge in [0.05, 0.1) is 25.1 Å². The lowest BCUT2D eigenvalue weighted by Crippen LogP contribution is -2.42. The van der Waals surface area contributed by atoms with Crippen LogP contribution in [-0.2, 0) is 13.0 Å². The number of fused-ring (bicyclic) bond motifs is 1. The number of para-hydroxylation sites is 1. The first kappa shape index (κ1) is 19.0. The van der Waals surface area contributed by atoms with Crippen molar-refractivity contribution in [3.05, 3.63) is 66.4 Å². The standard InChI is InChI=1S/C21H26N6O2/c1-2-7-20-18(6-1)19(9-16-29-20)25-21(23-11-8-17-5-3-15-28-17)22-10-4-13-27-14-12-24-26-27/h1-3,5-7,12,14-15,19H,4,8-11,13,16H2,(H2,22,23,25). The maximum absolute atomic E-state index is 5.78. The van der Waals surface area contributed by atoms with Gasteiger partial charge < -0.3 is 19.8 Å². The Morgan fingerprint density at radius 1 is 1.24 bits per heavy atom. The van der Waals surface area contributed by atoms with E-state index in [0.717, 1.165) is 49.8 Å². The first-order chi connectivity index (χ1) is 14.4. The molecule has 0 spiro atoms. The molecule has 8 nitrogen and oxygen atoms in total. The van der Waals surface area contributed by atoms with Gasteiger partial charge in [0.15, 0.2) is 5.96 Å². The van der Waals surface area contributed by atoms with E-state index in [1.54, 1.807) is 12.5 Å². The minimum atomic E-state index is 0.171. The number of aliphatic imine (C=N–C) groups is 1. The Morgan fingerprint density at radius 3 is 3.07 bits per heavy atom. The summed E-state index contributed by atoms with van der Waals surface area (Å²) in [5.41, 5.74) is 1.17. The summed E-state index contributed by atoms with van der Waals surface area (Å²) in [4.78, 5) is 4.77. The average molecular weight is 394 g/mol. The lowest BCUT2D eigenvalue weighted by atomic mass is 10.0. The zero-order valence-corrected chi connectivity index (χ0v) is 16.3. The second-order valence-electron chi connectivity index (χ2n) is 6.88. The number of rotatable bonds is 8. The summed E-state index contributed by atoms with van der Waals surface area (Å²) in [5, 5.41) is 14.8. The van der Waals surface area contributed by atoms with Crippen molar-refractivity contribution in [2.45, 2.75) is 31.8 Å². The van der Waals surface area contributed by atoms with Crippen molar-refractivity contribution >= 4 is 5.96 Å². The molecule has 1 aliphatic rings. The van der Waals surface area contributed by atoms with Crippen LogP contribution in [-0.4, -0.2) is 40.6 Å². The topological polar surface area (TPSA) is 89.5 Å². The van der Waals surface area contributed by atoms with Gasteiger partial charge in [0, 0.05) is 44.2 Å². The van der Waals surface area contributed by atoms with Crippen molar-refractivity contribution < 1.29 is 9.15 Å². The molecule has 0 radical (unpaired) electrons. The molecule has 2 aromatic heterocycles. The van der Waals surface area contributed by atoms with Crippen LogP contribution in [0.3, 0.4) is 0 Å². The average Bonchev–Trinajstić information content (AvgIpc) is 3.45. The Balaban J connectivity index is 1.37. The van der Waals surface area contributed by atoms with Gasteiger partial charge in [-0.2, -0.15) is 0 Å². The van der Waals surface area contributed by atoms with E-state index in [1.807, 2.05) is 41.2 Å². The van der Waals surface area contributed by atoms with Gasteiger partial charge in [-0.25, -0.2) is 0 Å². The van der Waals surface area contributed by atoms with E-state index < -0.39 is 0 Å². The van der Waals surface area contributed by atoms with Crippen LogP contribution in [0.4, 0.5) is 0 Å². The van der Waals surface area contributed by atoms with Crippen molar-refractivity contribution in [3.8, 4) is 5.75 Å². The molecule has 1 atom stereocenters. The monoisotopic (exact) mass is 394 g/mol. The number of ether oxygens (including phenoxy) is 1. The van der Waals surface area contributed by atoms with Gasteiger partial charge in [-0.1, -0.05) is 23.4 Å². The number of nitrogens with one attached hydrogen (secondary N) is 2. The summed E-state index contributed by atoms with van der Waals surface area (Å²) < 4.78 is 13.0. The predicted molar refractivity (Wildman–Crippen MR) is 110 cm³/mol. The fourth-order valence-corrected chi connectivity index (χ4v) is 3.34. The number of aromatic nitrogens is 3. The summed E-state index contributed by atoms with van der Waals surface area (Å²) in [7, 11) is 0. The number of hydrogen-bond acceptors (Lipinski definition) is 5. The second-order valence-corrected chi connectivity index (χ2v) is 6.88. The van der Waals surface area contributed by atoms with Gasteiger partial charge in [-0.05, 0) is 24.6 Å². The number of benzene rings is 1. The van der Waals surface area contributed by atoms with E-state index in [0.29, 0.717) is 13.2 Å². The molecule has 0 saturated carbocycles. The van der Waals surface area contributed by atoms with Crippen molar-refractivity contribution in [1.82, 2.24) is 25.6 Å². The first-order valence-electron chi connectivity index (χ1n) is 10.0. The highest BCUT2D eigenvalue weighted by Gasteiger charge is 2.21. The van der Waals surface area contributed by atoms with Crippen molar-refractivity contribution in [2.75, 3.05) is 19.7 Å². The summed E-state index contributed by atoms with van der Waals surface area (Å²) in [5.74, 6) is 2.70. The van der Waals surface area contributed by atoms with E-state index in [2.05, 4.69) is 27.0 Å². The van der Waals surface area contributed by atoms with Crippen LogP contribution >= 0.6 is 0 Å². The van der Waals surface area contributed by atoms with Crippen molar-refractivity contribution in [3.63, 3.8) is 0 Å². The molecular weight excluding hydrogens is 368 g/mol. The van der Waals surface area contributed by atoms with Gasteiger partial charge in [0.2, 0.25) is 0 Å². The number of nitrogens with zero attached hydrogens (tertiary/aromatic N) is 4. The molecule has 1 unspecified atom stereocenters. The van der Waals surface area contributed by atoms with E-state index in [9.17, 15) is 0 Å². The van der Waals surface area contributed by atoms with Crippen molar-refractivity contribution in [2.24, 2.45) is 4.99 Å². The second kappa shape index (κ2) is 9.77. The summed E-state index contributed by atoms with van der Waals surface area (Å²) in [6.45, 7) is 2.93. The summed E-state index contributed by atoms with van der Waals surface area (Å²) in [6.07, 6.45) is 7.84. The minimum absolute atomic E-state index is 0.171. The molecule has 152 valence electrons. The normalized spacial score (nSPS) is 16.1. The third-order valence-electron chi connectivity index (χ3n) is 4.80. The van der Waals surface area contributed by atoms with Gasteiger partial charge in [-0.3, -0.25) is 9.67 Å². The molecule has 2 N–H and O–H groups in total. The zero-order valence-electron chi connectivity index (χ0n) is 16.3. The minimum Gasteiger partial charge on any atom is -0.493 e. The summed E-state index contributed by atoms with van der Waals surface area (Å²) in [6, 6.07) is 12.2. The zero-order chi connectivity index (χ0) is 19.7. The Morgan fingerprint density at radius 2 is 2.21 bits per heavy atom. The highest BCUT2D eigenvalue weighted by Crippen LogP contribution is 2.31. The van der Waals surface area contributed by atoms with Crippen LogP contribution in [0.2, 0.25) is 0 Å². The molecule has 3 aromatic rings. The van der Waals surface area contributed by atoms with E-state index in [-0.39, 0.29) is 6.04 Å². The van der Waals surface area contributed by atoms with Crippen LogP contribution in [0.25, 0.3) is 0 Å². The van der Waals surface area contributed by atoms with Crippen LogP contribution in [0.15, 0.2) is 64.5 Å². The van der Waals surface area contributed by atoms with Crippen LogP contribution in [0, 0.1) is 0 Å². The Bertz CT molecular complexity index is 892. The van der Waals surface area contributed by atoms with Crippen molar-refractivity contribution in [1.29, 1.82) is 0 Å². The van der Waals surface area contributed by atoms with Crippen LogP contribution in [0.1, 0.15) is 30.2 Å². The molecule has 3 heterocycles. The highest BCUT2D eigenvalue weighted by atomic mass is 16.5. The van der Waals surface area contributed by atoms with Gasteiger partial charge in [-0.15, -0.1) is 5.10 Å². The maximum atomic E-state index is 5.78. The van der Waals surface area contributed by atoms with Gasteiger partial charge in [0.25, 0.3) is 0 Å². The van der Waals surface area contributed by atoms with Gasteiger partial charge in [0.1, 0.15) is 11.5 Å². The molecule has 1 aromatic carbocycles. The Hall–Kier alpha value is -3.29. The highest BCUT2D eigenvalue weighted by molar-refractivity contribution is 5.80. The number of guanidine groups is 1. The van der Waals surface area contributed by atoms with E-state index in [4.69, 9.17) is 14.1 Å². The molecule has 4 rings (SSSR count). The fourth-order valence-electron chi connectivity index (χ4n) is 3.34. The molecule has 8 heteroatoms. The van der Waals surface area contributed by atoms with Crippen LogP contribution in [0.5, 0.6) is 5.75 Å². The molecule has 0 bridgehead atoms. The predicted octanol–water partition coefficient (Wildman–Crippen LogP) is 2.56. The molecule has 0 saturated heterocycles. The Labute approximate surface area is 170 Å². The Kier molecular flexibility index (Phi) is 6.42. The maximum Gasteiger partial charge on any atom is 0.191 e. The molecule has 0 amide bonds. The lowest BCUT2D eigenvalue weighted by Gasteiger charge is -2.28. The first-order valence-corrected chi connectivity index (χ1v) is 10.0. The molecular formula is C21H26N6O2. The number of furan rings is 1. The van der Waals surface area contributed by atoms with E-state index in [1.165, 1.54) is 5.56 Å². The SMILES string of the molecule is c1coc(CCNC(=NCCCn2ccnn2)NC2CCOc3ccccc32)c1. The number of aryl methyl sites for hydroxylation is 1. The van der Waals surface area contributed by atoms with E-state index >= 15 is 0 Å². The number of hydrogen-bond donors (Lipinski definition) is 2. The van der Waals surface area contributed by atoms with Gasteiger partial charge >= 0.3 is 0 Å².